The molecule has 1 aromatic carbocycles. The maximum atomic E-state index is 13.2. The number of likely N-dealkylation sites (tertiary alicyclic amines) is 1. The van der Waals surface area contributed by atoms with Crippen LogP contribution in [0.2, 0.25) is 0 Å². The van der Waals surface area contributed by atoms with E-state index in [0.29, 0.717) is 19.5 Å². The molecular formula is C19H27FN2O2S. The summed E-state index contributed by atoms with van der Waals surface area (Å²) in [4.78, 5) is 26.3. The molecule has 2 rings (SSSR count). The highest BCUT2D eigenvalue weighted by Crippen LogP contribution is 2.27. The average molecular weight is 367 g/mol. The van der Waals surface area contributed by atoms with Crippen LogP contribution in [0.4, 0.5) is 4.39 Å². The molecule has 1 N–H and O–H groups in total. The van der Waals surface area contributed by atoms with Gasteiger partial charge in [-0.3, -0.25) is 9.59 Å². The molecule has 2 amide bonds. The molecule has 1 fully saturated rings. The summed E-state index contributed by atoms with van der Waals surface area (Å²) < 4.78 is 13.2. The van der Waals surface area contributed by atoms with E-state index in [1.165, 1.54) is 19.1 Å². The molecule has 6 heteroatoms. The second-order valence-electron chi connectivity index (χ2n) is 6.56. The molecule has 0 bridgehead atoms. The second kappa shape index (κ2) is 9.80. The van der Waals surface area contributed by atoms with Crippen LogP contribution in [0.25, 0.3) is 0 Å². The molecule has 0 aliphatic carbocycles. The largest absolute Gasteiger partial charge is 0.345 e. The Labute approximate surface area is 153 Å². The first-order valence-electron chi connectivity index (χ1n) is 8.81. The Bertz CT molecular complexity index is 579. The maximum absolute atomic E-state index is 13.2. The van der Waals surface area contributed by atoms with Crippen LogP contribution in [0.15, 0.2) is 24.3 Å². The van der Waals surface area contributed by atoms with Gasteiger partial charge in [-0.1, -0.05) is 18.6 Å². The van der Waals surface area contributed by atoms with Gasteiger partial charge in [-0.25, -0.2) is 4.39 Å². The van der Waals surface area contributed by atoms with E-state index in [9.17, 15) is 14.0 Å². The van der Waals surface area contributed by atoms with Crippen molar-refractivity contribution in [2.75, 3.05) is 25.1 Å². The molecule has 1 aromatic rings. The minimum atomic E-state index is -0.461. The van der Waals surface area contributed by atoms with Gasteiger partial charge in [0.1, 0.15) is 11.9 Å². The molecule has 1 aliphatic rings. The van der Waals surface area contributed by atoms with Crippen LogP contribution in [0.1, 0.15) is 44.1 Å². The predicted molar refractivity (Wildman–Crippen MR) is 100 cm³/mol. The van der Waals surface area contributed by atoms with E-state index >= 15 is 0 Å². The molecule has 0 aromatic heterocycles. The third-order valence-electron chi connectivity index (χ3n) is 4.61. The summed E-state index contributed by atoms with van der Waals surface area (Å²) in [6, 6.07) is 6.12. The first-order chi connectivity index (χ1) is 12.0. The van der Waals surface area contributed by atoms with Crippen LogP contribution < -0.4 is 5.32 Å². The standard InChI is InChI=1S/C19H27FN2O2S/c1-14(23)21-18(10-12-25-2)19(24)22-11-4-3-5-16(13-22)15-6-8-17(20)9-7-15/h6-9,16,18H,3-5,10-13H2,1-2H3,(H,21,23). The van der Waals surface area contributed by atoms with Gasteiger partial charge < -0.3 is 10.2 Å². The number of halogens is 1. The number of hydrogen-bond acceptors (Lipinski definition) is 3. The fourth-order valence-electron chi connectivity index (χ4n) is 3.31. The fraction of sp³-hybridized carbons (Fsp3) is 0.579. The number of nitrogens with one attached hydrogen (secondary N) is 1. The van der Waals surface area contributed by atoms with Crippen LogP contribution in [-0.2, 0) is 9.59 Å². The zero-order valence-corrected chi connectivity index (χ0v) is 15.8. The van der Waals surface area contributed by atoms with Gasteiger partial charge in [-0.05, 0) is 49.0 Å². The molecule has 138 valence electrons. The molecule has 1 heterocycles. The van der Waals surface area contributed by atoms with Gasteiger partial charge in [-0.15, -0.1) is 0 Å². The average Bonchev–Trinajstić information content (AvgIpc) is 2.84. The predicted octanol–water partition coefficient (Wildman–Crippen LogP) is 3.18. The number of benzene rings is 1. The monoisotopic (exact) mass is 366 g/mol. The van der Waals surface area contributed by atoms with Crippen molar-refractivity contribution < 1.29 is 14.0 Å². The Morgan fingerprint density at radius 1 is 1.32 bits per heavy atom. The van der Waals surface area contributed by atoms with Gasteiger partial charge in [0, 0.05) is 25.9 Å². The summed E-state index contributed by atoms with van der Waals surface area (Å²) >= 11 is 1.67. The number of rotatable bonds is 6. The van der Waals surface area contributed by atoms with E-state index in [0.717, 1.165) is 30.6 Å². The van der Waals surface area contributed by atoms with E-state index in [2.05, 4.69) is 5.32 Å². The number of nitrogens with zero attached hydrogens (tertiary/aromatic N) is 1. The van der Waals surface area contributed by atoms with Crippen LogP contribution in [0, 0.1) is 5.82 Å². The summed E-state index contributed by atoms with van der Waals surface area (Å²) in [6.45, 7) is 2.79. The lowest BCUT2D eigenvalue weighted by Crippen LogP contribution is -2.49. The summed E-state index contributed by atoms with van der Waals surface area (Å²) in [5.41, 5.74) is 1.07. The quantitative estimate of drug-likeness (QED) is 0.841. The van der Waals surface area contributed by atoms with E-state index in [1.807, 2.05) is 23.3 Å². The zero-order valence-electron chi connectivity index (χ0n) is 15.0. The minimum absolute atomic E-state index is 0.00161. The summed E-state index contributed by atoms with van der Waals surface area (Å²) in [5.74, 6) is 0.618. The Morgan fingerprint density at radius 2 is 2.04 bits per heavy atom. The highest BCUT2D eigenvalue weighted by atomic mass is 32.2. The smallest absolute Gasteiger partial charge is 0.245 e. The van der Waals surface area contributed by atoms with Crippen LogP contribution >= 0.6 is 11.8 Å². The molecular weight excluding hydrogens is 339 g/mol. The minimum Gasteiger partial charge on any atom is -0.345 e. The maximum Gasteiger partial charge on any atom is 0.245 e. The Balaban J connectivity index is 2.10. The van der Waals surface area contributed by atoms with Crippen molar-refractivity contribution in [1.29, 1.82) is 0 Å². The number of carbonyl (C=O) groups is 2. The van der Waals surface area contributed by atoms with Crippen molar-refractivity contribution >= 4 is 23.6 Å². The van der Waals surface area contributed by atoms with Crippen molar-refractivity contribution in [2.24, 2.45) is 0 Å². The van der Waals surface area contributed by atoms with Crippen LogP contribution in [0.3, 0.4) is 0 Å². The first-order valence-corrected chi connectivity index (χ1v) is 10.2. The Morgan fingerprint density at radius 3 is 2.68 bits per heavy atom. The van der Waals surface area contributed by atoms with E-state index in [-0.39, 0.29) is 23.5 Å². The lowest BCUT2D eigenvalue weighted by Gasteiger charge is -2.29. The topological polar surface area (TPSA) is 49.4 Å². The van der Waals surface area contributed by atoms with E-state index < -0.39 is 6.04 Å². The molecule has 1 saturated heterocycles. The number of amides is 2. The van der Waals surface area contributed by atoms with Crippen molar-refractivity contribution in [3.63, 3.8) is 0 Å². The molecule has 0 saturated carbocycles. The highest BCUT2D eigenvalue weighted by Gasteiger charge is 2.28. The Hall–Kier alpha value is -1.56. The van der Waals surface area contributed by atoms with Gasteiger partial charge in [0.15, 0.2) is 0 Å². The van der Waals surface area contributed by atoms with Crippen molar-refractivity contribution in [3.05, 3.63) is 35.6 Å². The van der Waals surface area contributed by atoms with E-state index in [1.54, 1.807) is 11.8 Å². The van der Waals surface area contributed by atoms with Crippen molar-refractivity contribution in [3.8, 4) is 0 Å². The van der Waals surface area contributed by atoms with E-state index in [4.69, 9.17) is 0 Å². The highest BCUT2D eigenvalue weighted by molar-refractivity contribution is 7.98. The van der Waals surface area contributed by atoms with Gasteiger partial charge in [0.2, 0.25) is 11.8 Å². The molecule has 1 aliphatic heterocycles. The molecule has 2 unspecified atom stereocenters. The molecule has 0 radical (unpaired) electrons. The first kappa shape index (κ1) is 19.8. The molecule has 4 nitrogen and oxygen atoms in total. The summed E-state index contributed by atoms with van der Waals surface area (Å²) in [5, 5.41) is 2.80. The molecule has 0 spiro atoms. The van der Waals surface area contributed by atoms with Crippen molar-refractivity contribution in [1.82, 2.24) is 10.2 Å². The summed E-state index contributed by atoms with van der Waals surface area (Å²) in [6.07, 6.45) is 5.62. The number of carbonyl (C=O) groups excluding carboxylic acids is 2. The SMILES string of the molecule is CSCCC(NC(C)=O)C(=O)N1CCCCC(c2ccc(F)cc2)C1. The van der Waals surface area contributed by atoms with Gasteiger partial charge in [0.25, 0.3) is 0 Å². The molecule has 25 heavy (non-hydrogen) atoms. The van der Waals surface area contributed by atoms with Crippen LogP contribution in [0.5, 0.6) is 0 Å². The summed E-state index contributed by atoms with van der Waals surface area (Å²) in [7, 11) is 0. The fourth-order valence-corrected chi connectivity index (χ4v) is 3.78. The van der Waals surface area contributed by atoms with Crippen molar-refractivity contribution in [2.45, 2.75) is 44.6 Å². The zero-order chi connectivity index (χ0) is 18.2. The van der Waals surface area contributed by atoms with Gasteiger partial charge in [0.05, 0.1) is 0 Å². The Kier molecular flexibility index (Phi) is 7.75. The second-order valence-corrected chi connectivity index (χ2v) is 7.55. The normalized spacial score (nSPS) is 19.2. The van der Waals surface area contributed by atoms with Gasteiger partial charge in [-0.2, -0.15) is 11.8 Å². The third kappa shape index (κ3) is 6.03. The van der Waals surface area contributed by atoms with Gasteiger partial charge >= 0.3 is 0 Å². The number of hydrogen-bond donors (Lipinski definition) is 1. The lowest BCUT2D eigenvalue weighted by atomic mass is 9.94. The third-order valence-corrected chi connectivity index (χ3v) is 5.25. The lowest BCUT2D eigenvalue weighted by molar-refractivity contribution is -0.136. The molecule has 2 atom stereocenters. The number of thioether (sulfide) groups is 1. The van der Waals surface area contributed by atoms with Crippen LogP contribution in [-0.4, -0.2) is 47.9 Å².